The summed E-state index contributed by atoms with van der Waals surface area (Å²) in [6, 6.07) is 7.15. The maximum Gasteiger partial charge on any atom is 4.00 e. The molecule has 0 nitrogen and oxygen atoms in total. The molecule has 26 heavy (non-hydrogen) atoms. The first-order valence-corrected chi connectivity index (χ1v) is 15.7. The third-order valence-corrected chi connectivity index (χ3v) is 9.13. The van der Waals surface area contributed by atoms with E-state index in [2.05, 4.69) is 98.2 Å². The minimum Gasteiger partial charge on any atom is -1.00 e. The summed E-state index contributed by atoms with van der Waals surface area (Å²) in [5, 5.41) is 3.23. The van der Waals surface area contributed by atoms with Gasteiger partial charge in [-0.2, -0.15) is 28.5 Å². The molecule has 0 heterocycles. The minimum atomic E-state index is -1.07. The van der Waals surface area contributed by atoms with Gasteiger partial charge >= 0.3 is 21.7 Å². The van der Waals surface area contributed by atoms with Crippen molar-refractivity contribution in [3.63, 3.8) is 0 Å². The van der Waals surface area contributed by atoms with Crippen molar-refractivity contribution in [2.75, 3.05) is 0 Å². The molecule has 0 saturated carbocycles. The van der Waals surface area contributed by atoms with E-state index in [4.69, 9.17) is 0 Å². The Balaban J connectivity index is -0.000000374. The topological polar surface area (TPSA) is 0 Å². The van der Waals surface area contributed by atoms with Crippen molar-refractivity contribution in [1.29, 1.82) is 0 Å². The Hall–Kier alpha value is 0.558. The summed E-state index contributed by atoms with van der Waals surface area (Å²) in [7, 11) is -2.14. The molecule has 2 rings (SSSR count). The maximum atomic E-state index is 3.44. The molecule has 146 valence electrons. The smallest absolute Gasteiger partial charge is 1.00 e. The molecule has 0 radical (unpaired) electrons. The van der Waals surface area contributed by atoms with Gasteiger partial charge in [0.15, 0.2) is 0 Å². The first-order chi connectivity index (χ1) is 10.2. The Morgan fingerprint density at radius 1 is 0.923 bits per heavy atom. The van der Waals surface area contributed by atoms with Gasteiger partial charge in [0.05, 0.1) is 0 Å². The average molecular weight is 463 g/mol. The van der Waals surface area contributed by atoms with E-state index >= 15 is 0 Å². The summed E-state index contributed by atoms with van der Waals surface area (Å²) < 4.78 is 0. The maximum absolute atomic E-state index is 3.44. The van der Waals surface area contributed by atoms with Crippen LogP contribution in [0.1, 0.15) is 34.6 Å². The summed E-state index contributed by atoms with van der Waals surface area (Å²) in [4.78, 5) is 0. The molecular weight excluding hydrogens is 427 g/mol. The van der Waals surface area contributed by atoms with E-state index in [1.165, 1.54) is 16.7 Å². The van der Waals surface area contributed by atoms with Crippen LogP contribution in [0.5, 0.6) is 0 Å². The molecule has 0 aliphatic heterocycles. The van der Waals surface area contributed by atoms with Crippen molar-refractivity contribution in [3.05, 3.63) is 41.0 Å². The summed E-state index contributed by atoms with van der Waals surface area (Å²) in [6.07, 6.45) is 3.44. The van der Waals surface area contributed by atoms with Gasteiger partial charge in [0.1, 0.15) is 0 Å². The summed E-state index contributed by atoms with van der Waals surface area (Å²) in [5.74, 6) is 0. The van der Waals surface area contributed by atoms with Crippen LogP contribution in [0, 0.1) is 11.5 Å². The molecular formula is C21H36Cl2Si2Ti. The first-order valence-electron chi connectivity index (χ1n) is 8.74. The van der Waals surface area contributed by atoms with E-state index < -0.39 is 16.1 Å². The quantitative estimate of drug-likeness (QED) is 0.414. The Bertz CT molecular complexity index is 599. The third-order valence-electron chi connectivity index (χ3n) is 5.05. The Morgan fingerprint density at radius 3 is 1.54 bits per heavy atom. The molecule has 1 aromatic carbocycles. The predicted octanol–water partition coefficient (Wildman–Crippen LogP) is -0.387. The second-order valence-corrected chi connectivity index (χ2v) is 19.7. The monoisotopic (exact) mass is 462 g/mol. The Kier molecular flexibility index (Phi) is 13.1. The van der Waals surface area contributed by atoms with Crippen molar-refractivity contribution in [2.24, 2.45) is 5.41 Å². The molecule has 0 aromatic heterocycles. The van der Waals surface area contributed by atoms with Gasteiger partial charge in [-0.15, -0.1) is 6.92 Å². The fourth-order valence-electron chi connectivity index (χ4n) is 2.78. The van der Waals surface area contributed by atoms with Crippen molar-refractivity contribution in [2.45, 2.75) is 73.9 Å². The zero-order valence-electron chi connectivity index (χ0n) is 18.5. The number of rotatable bonds is 2. The van der Waals surface area contributed by atoms with Gasteiger partial charge in [-0.05, 0) is 0 Å². The van der Waals surface area contributed by atoms with Gasteiger partial charge in [0.2, 0.25) is 0 Å². The summed E-state index contributed by atoms with van der Waals surface area (Å²) in [6.45, 7) is 25.4. The zero-order chi connectivity index (χ0) is 18.2. The standard InChI is InChI=1S/C11H21Si2.C10H15.2ClH.Ti/c1-12(2,3)10-7-8-11(9-10)13(4,5)6;1-7-6-10(4,5)9(3)8(7)2;;;/h7-9H,1-6H3;1-5H3;2*1H;/q2*-1;;;+4/p-2. The minimum absolute atomic E-state index is 0. The molecule has 0 atom stereocenters. The van der Waals surface area contributed by atoms with Crippen LogP contribution in [-0.2, 0) is 21.7 Å². The van der Waals surface area contributed by atoms with E-state index in [-0.39, 0.29) is 51.9 Å². The van der Waals surface area contributed by atoms with Crippen LogP contribution in [0.2, 0.25) is 39.3 Å². The van der Waals surface area contributed by atoms with Crippen LogP contribution in [0.25, 0.3) is 0 Å². The summed E-state index contributed by atoms with van der Waals surface area (Å²) in [5.41, 5.74) is 4.39. The molecule has 1 aromatic rings. The van der Waals surface area contributed by atoms with E-state index in [1.807, 2.05) is 0 Å². The van der Waals surface area contributed by atoms with Crippen LogP contribution >= 0.6 is 0 Å². The number of allylic oxidation sites excluding steroid dienone is 4. The fraction of sp³-hybridized carbons (Fsp3) is 0.571. The van der Waals surface area contributed by atoms with Gasteiger partial charge in [0.25, 0.3) is 0 Å². The third kappa shape index (κ3) is 8.29. The van der Waals surface area contributed by atoms with E-state index in [0.717, 1.165) is 0 Å². The first kappa shape index (κ1) is 31.3. The van der Waals surface area contributed by atoms with E-state index in [9.17, 15) is 0 Å². The van der Waals surface area contributed by atoms with Crippen molar-refractivity contribution >= 4 is 26.5 Å². The largest absolute Gasteiger partial charge is 4.00 e. The molecule has 0 fully saturated rings. The second kappa shape index (κ2) is 10.9. The van der Waals surface area contributed by atoms with Crippen LogP contribution in [0.3, 0.4) is 0 Å². The van der Waals surface area contributed by atoms with Crippen LogP contribution in [-0.4, -0.2) is 16.1 Å². The molecule has 0 spiro atoms. The zero-order valence-corrected chi connectivity index (χ0v) is 23.6. The molecule has 1 aliphatic rings. The molecule has 0 amide bonds. The van der Waals surface area contributed by atoms with Gasteiger partial charge in [-0.1, -0.05) is 72.4 Å². The average Bonchev–Trinajstić information content (AvgIpc) is 2.91. The van der Waals surface area contributed by atoms with E-state index in [0.29, 0.717) is 0 Å². The SMILES string of the molecule is CC1=[C-]C(C)(C)C(C)=C1C.C[Si](C)(C)c1cc[c-]([Si](C)(C)C)c1.[Cl-].[Cl-].[Ti+4]. The van der Waals surface area contributed by atoms with Crippen molar-refractivity contribution in [1.82, 2.24) is 0 Å². The van der Waals surface area contributed by atoms with E-state index in [1.54, 1.807) is 10.4 Å². The van der Waals surface area contributed by atoms with Gasteiger partial charge in [-0.3, -0.25) is 6.08 Å². The molecule has 5 heteroatoms. The fourth-order valence-corrected chi connectivity index (χ4v) is 5.27. The summed E-state index contributed by atoms with van der Waals surface area (Å²) >= 11 is 0. The number of hydrogen-bond donors (Lipinski definition) is 0. The number of halogens is 2. The molecule has 0 N–H and O–H groups in total. The molecule has 0 bridgehead atoms. The van der Waals surface area contributed by atoms with Crippen molar-refractivity contribution < 1.29 is 46.5 Å². The van der Waals surface area contributed by atoms with Crippen LogP contribution in [0.4, 0.5) is 0 Å². The molecule has 0 saturated heterocycles. The number of hydrogen-bond acceptors (Lipinski definition) is 0. The normalized spacial score (nSPS) is 15.7. The second-order valence-electron chi connectivity index (χ2n) is 9.51. The van der Waals surface area contributed by atoms with Gasteiger partial charge in [0, 0.05) is 16.1 Å². The van der Waals surface area contributed by atoms with Gasteiger partial charge in [-0.25, -0.2) is 16.8 Å². The van der Waals surface area contributed by atoms with Crippen molar-refractivity contribution in [3.8, 4) is 0 Å². The van der Waals surface area contributed by atoms with Gasteiger partial charge < -0.3 is 24.8 Å². The van der Waals surface area contributed by atoms with Crippen LogP contribution in [0.15, 0.2) is 34.9 Å². The molecule has 1 aliphatic carbocycles. The van der Waals surface area contributed by atoms with Crippen LogP contribution < -0.4 is 35.2 Å². The molecule has 0 unspecified atom stereocenters. The Morgan fingerprint density at radius 2 is 1.38 bits per heavy atom. The Labute approximate surface area is 192 Å². The predicted molar refractivity (Wildman–Crippen MR) is 113 cm³/mol.